The van der Waals surface area contributed by atoms with Gasteiger partial charge in [0.25, 0.3) is 5.91 Å². The van der Waals surface area contributed by atoms with E-state index in [1.807, 2.05) is 13.0 Å². The third-order valence-electron chi connectivity index (χ3n) is 3.00. The van der Waals surface area contributed by atoms with Crippen LogP contribution in [0, 0.1) is 0 Å². The van der Waals surface area contributed by atoms with Crippen LogP contribution in [0.1, 0.15) is 56.8 Å². The highest BCUT2D eigenvalue weighted by atomic mass is 16.1. The second kappa shape index (κ2) is 8.51. The van der Waals surface area contributed by atoms with Crippen molar-refractivity contribution in [3.63, 3.8) is 0 Å². The highest BCUT2D eigenvalue weighted by Crippen LogP contribution is 2.14. The molecule has 0 fully saturated rings. The molecular weight excluding hydrogens is 238 g/mol. The Balaban J connectivity index is 2.65. The Morgan fingerprint density at radius 1 is 1.37 bits per heavy atom. The quantitative estimate of drug-likeness (QED) is 0.757. The van der Waals surface area contributed by atoms with Gasteiger partial charge >= 0.3 is 0 Å². The van der Waals surface area contributed by atoms with Crippen LogP contribution in [0.2, 0.25) is 0 Å². The van der Waals surface area contributed by atoms with Gasteiger partial charge in [-0.25, -0.2) is 0 Å². The van der Waals surface area contributed by atoms with Crippen molar-refractivity contribution in [2.75, 3.05) is 11.9 Å². The number of amides is 1. The summed E-state index contributed by atoms with van der Waals surface area (Å²) in [5.74, 6) is -0.0460. The zero-order chi connectivity index (χ0) is 14.1. The minimum Gasteiger partial charge on any atom is -0.384 e. The molecule has 2 N–H and O–H groups in total. The fourth-order valence-corrected chi connectivity index (χ4v) is 1.87. The van der Waals surface area contributed by atoms with Gasteiger partial charge in [-0.2, -0.15) is 0 Å². The first kappa shape index (κ1) is 15.5. The van der Waals surface area contributed by atoms with E-state index in [9.17, 15) is 4.79 Å². The van der Waals surface area contributed by atoms with E-state index in [2.05, 4.69) is 29.5 Å². The van der Waals surface area contributed by atoms with Gasteiger partial charge in [-0.15, -0.1) is 0 Å². The first-order valence-electron chi connectivity index (χ1n) is 7.17. The van der Waals surface area contributed by atoms with E-state index >= 15 is 0 Å². The summed E-state index contributed by atoms with van der Waals surface area (Å²) >= 11 is 0. The van der Waals surface area contributed by atoms with Crippen LogP contribution in [0.4, 0.5) is 5.69 Å². The second-order valence-corrected chi connectivity index (χ2v) is 4.86. The average Bonchev–Trinajstić information content (AvgIpc) is 2.43. The number of carbonyl (C=O) groups excluding carboxylic acids is 1. The van der Waals surface area contributed by atoms with Crippen molar-refractivity contribution in [1.82, 2.24) is 10.3 Å². The van der Waals surface area contributed by atoms with Crippen molar-refractivity contribution in [3.05, 3.63) is 24.0 Å². The Morgan fingerprint density at radius 2 is 2.16 bits per heavy atom. The van der Waals surface area contributed by atoms with Gasteiger partial charge in [0.05, 0.1) is 11.3 Å². The molecule has 4 nitrogen and oxygen atoms in total. The van der Waals surface area contributed by atoms with Crippen LogP contribution in [0.15, 0.2) is 18.5 Å². The van der Waals surface area contributed by atoms with E-state index in [0.29, 0.717) is 5.56 Å². The number of rotatable bonds is 8. The SMILES string of the molecule is CCCCC(C)NC(=O)c1cnccc1NCCC. The molecule has 0 saturated heterocycles. The van der Waals surface area contributed by atoms with Gasteiger partial charge < -0.3 is 10.6 Å². The van der Waals surface area contributed by atoms with Crippen LogP contribution in [0.25, 0.3) is 0 Å². The maximum absolute atomic E-state index is 12.2. The van der Waals surface area contributed by atoms with Gasteiger partial charge in [0.15, 0.2) is 0 Å². The molecule has 1 aromatic heterocycles. The maximum atomic E-state index is 12.2. The number of anilines is 1. The van der Waals surface area contributed by atoms with Crippen molar-refractivity contribution in [2.24, 2.45) is 0 Å². The Bertz CT molecular complexity index is 393. The number of pyridine rings is 1. The van der Waals surface area contributed by atoms with Crippen LogP contribution in [-0.2, 0) is 0 Å². The highest BCUT2D eigenvalue weighted by Gasteiger charge is 2.13. The van der Waals surface area contributed by atoms with Gasteiger partial charge in [0.1, 0.15) is 0 Å². The lowest BCUT2D eigenvalue weighted by Gasteiger charge is -2.15. The smallest absolute Gasteiger partial charge is 0.255 e. The van der Waals surface area contributed by atoms with Crippen LogP contribution >= 0.6 is 0 Å². The molecule has 0 aliphatic rings. The Morgan fingerprint density at radius 3 is 2.84 bits per heavy atom. The number of hydrogen-bond acceptors (Lipinski definition) is 3. The molecule has 0 spiro atoms. The first-order valence-corrected chi connectivity index (χ1v) is 7.17. The normalized spacial score (nSPS) is 11.9. The summed E-state index contributed by atoms with van der Waals surface area (Å²) in [6.45, 7) is 7.15. The molecule has 106 valence electrons. The molecule has 0 saturated carbocycles. The number of unbranched alkanes of at least 4 members (excludes halogenated alkanes) is 1. The lowest BCUT2D eigenvalue weighted by Crippen LogP contribution is -2.33. The number of aromatic nitrogens is 1. The molecule has 0 radical (unpaired) electrons. The predicted octanol–water partition coefficient (Wildman–Crippen LogP) is 3.21. The van der Waals surface area contributed by atoms with Gasteiger partial charge in [-0.1, -0.05) is 26.7 Å². The summed E-state index contributed by atoms with van der Waals surface area (Å²) in [4.78, 5) is 16.3. The standard InChI is InChI=1S/C15H25N3O/c1-4-6-7-12(3)18-15(19)13-11-16-10-8-14(13)17-9-5-2/h8,10-12H,4-7,9H2,1-3H3,(H,16,17)(H,18,19). The zero-order valence-corrected chi connectivity index (χ0v) is 12.2. The Kier molecular flexibility index (Phi) is 6.93. The third kappa shape index (κ3) is 5.28. The van der Waals surface area contributed by atoms with Gasteiger partial charge in [0.2, 0.25) is 0 Å². The molecule has 4 heteroatoms. The summed E-state index contributed by atoms with van der Waals surface area (Å²) in [6, 6.07) is 2.05. The first-order chi connectivity index (χ1) is 9.19. The van der Waals surface area contributed by atoms with Gasteiger partial charge in [-0.05, 0) is 25.8 Å². The average molecular weight is 263 g/mol. The lowest BCUT2D eigenvalue weighted by atomic mass is 10.1. The summed E-state index contributed by atoms with van der Waals surface area (Å²) in [5.41, 5.74) is 1.48. The van der Waals surface area contributed by atoms with Crippen molar-refractivity contribution in [2.45, 2.75) is 52.5 Å². The van der Waals surface area contributed by atoms with E-state index in [4.69, 9.17) is 0 Å². The number of nitrogens with zero attached hydrogens (tertiary/aromatic N) is 1. The molecule has 1 amide bonds. The Hall–Kier alpha value is -1.58. The Labute approximate surface area is 116 Å². The number of carbonyl (C=O) groups is 1. The van der Waals surface area contributed by atoms with E-state index in [1.165, 1.54) is 0 Å². The summed E-state index contributed by atoms with van der Waals surface area (Å²) in [6.07, 6.45) is 7.65. The molecule has 1 rings (SSSR count). The van der Waals surface area contributed by atoms with Crippen molar-refractivity contribution >= 4 is 11.6 Å². The molecule has 19 heavy (non-hydrogen) atoms. The molecule has 0 aromatic carbocycles. The van der Waals surface area contributed by atoms with Gasteiger partial charge in [-0.3, -0.25) is 9.78 Å². The molecule has 0 aliphatic carbocycles. The molecule has 1 heterocycles. The largest absolute Gasteiger partial charge is 0.384 e. The van der Waals surface area contributed by atoms with E-state index in [0.717, 1.165) is 37.9 Å². The molecule has 1 atom stereocenters. The zero-order valence-electron chi connectivity index (χ0n) is 12.2. The minimum absolute atomic E-state index is 0.0460. The molecular formula is C15H25N3O. The maximum Gasteiger partial charge on any atom is 0.255 e. The van der Waals surface area contributed by atoms with Crippen LogP contribution in [0.5, 0.6) is 0 Å². The topological polar surface area (TPSA) is 54.0 Å². The molecule has 0 aliphatic heterocycles. The second-order valence-electron chi connectivity index (χ2n) is 4.86. The van der Waals surface area contributed by atoms with Crippen molar-refractivity contribution in [3.8, 4) is 0 Å². The summed E-state index contributed by atoms with van der Waals surface area (Å²) in [7, 11) is 0. The summed E-state index contributed by atoms with van der Waals surface area (Å²) < 4.78 is 0. The van der Waals surface area contributed by atoms with E-state index in [-0.39, 0.29) is 11.9 Å². The number of nitrogens with one attached hydrogen (secondary N) is 2. The lowest BCUT2D eigenvalue weighted by molar-refractivity contribution is 0.0938. The van der Waals surface area contributed by atoms with E-state index < -0.39 is 0 Å². The third-order valence-corrected chi connectivity index (χ3v) is 3.00. The minimum atomic E-state index is -0.0460. The van der Waals surface area contributed by atoms with E-state index in [1.54, 1.807) is 12.4 Å². The van der Waals surface area contributed by atoms with Crippen molar-refractivity contribution in [1.29, 1.82) is 0 Å². The molecule has 1 aromatic rings. The van der Waals surface area contributed by atoms with Crippen LogP contribution in [0.3, 0.4) is 0 Å². The fourth-order valence-electron chi connectivity index (χ4n) is 1.87. The highest BCUT2D eigenvalue weighted by molar-refractivity contribution is 5.99. The van der Waals surface area contributed by atoms with Gasteiger partial charge in [0, 0.05) is 25.0 Å². The van der Waals surface area contributed by atoms with Crippen molar-refractivity contribution < 1.29 is 4.79 Å². The number of hydrogen-bond donors (Lipinski definition) is 2. The monoisotopic (exact) mass is 263 g/mol. The van der Waals surface area contributed by atoms with Crippen LogP contribution in [-0.4, -0.2) is 23.5 Å². The summed E-state index contributed by atoms with van der Waals surface area (Å²) in [5, 5.41) is 6.29. The molecule has 0 bridgehead atoms. The molecule has 1 unspecified atom stereocenters. The predicted molar refractivity (Wildman–Crippen MR) is 79.5 cm³/mol. The fraction of sp³-hybridized carbons (Fsp3) is 0.600. The van der Waals surface area contributed by atoms with Crippen LogP contribution < -0.4 is 10.6 Å².